The fraction of sp³-hybridized carbons (Fsp3) is 0.950. The summed E-state index contributed by atoms with van der Waals surface area (Å²) in [5.41, 5.74) is 0. The molecule has 0 aliphatic carbocycles. The van der Waals surface area contributed by atoms with Crippen LogP contribution in [0.1, 0.15) is 98.8 Å². The van der Waals surface area contributed by atoms with Crippen molar-refractivity contribution in [2.24, 2.45) is 23.7 Å². The van der Waals surface area contributed by atoms with Gasteiger partial charge in [-0.25, -0.2) is 0 Å². The van der Waals surface area contributed by atoms with Crippen LogP contribution in [0, 0.1) is 23.7 Å². The first kappa shape index (κ1) is 21.5. The summed E-state index contributed by atoms with van der Waals surface area (Å²) in [4.78, 5) is 10.8. The predicted molar refractivity (Wildman–Crippen MR) is 96.1 cm³/mol. The summed E-state index contributed by atoms with van der Waals surface area (Å²) in [5.74, 6) is 1.66. The first-order valence-electron chi connectivity index (χ1n) is 9.59. The quantitative estimate of drug-likeness (QED) is 0.395. The molecule has 2 heteroatoms. The zero-order chi connectivity index (χ0) is 17.0. The van der Waals surface area contributed by atoms with Gasteiger partial charge in [0.15, 0.2) is 0 Å². The van der Waals surface area contributed by atoms with Crippen LogP contribution in [0.5, 0.6) is 0 Å². The van der Waals surface area contributed by atoms with Gasteiger partial charge in [-0.05, 0) is 24.2 Å². The molecule has 0 amide bonds. The molecule has 1 N–H and O–H groups in total. The van der Waals surface area contributed by atoms with E-state index in [0.29, 0.717) is 0 Å². The van der Waals surface area contributed by atoms with Gasteiger partial charge in [0.2, 0.25) is 0 Å². The van der Waals surface area contributed by atoms with Gasteiger partial charge in [0, 0.05) is 0 Å². The Hall–Kier alpha value is -0.530. The lowest BCUT2D eigenvalue weighted by Crippen LogP contribution is -2.09. The molecule has 4 atom stereocenters. The fourth-order valence-corrected chi connectivity index (χ4v) is 3.02. The van der Waals surface area contributed by atoms with Crippen LogP contribution in [0.2, 0.25) is 0 Å². The molecular formula is C20H40O2. The third-order valence-electron chi connectivity index (χ3n) is 5.24. The van der Waals surface area contributed by atoms with E-state index in [-0.39, 0.29) is 5.92 Å². The number of carboxylic acids is 1. The summed E-state index contributed by atoms with van der Waals surface area (Å²) in [6, 6.07) is 0. The smallest absolute Gasteiger partial charge is 0.306 e. The molecule has 0 bridgehead atoms. The second kappa shape index (κ2) is 13.0. The van der Waals surface area contributed by atoms with Crippen molar-refractivity contribution in [3.8, 4) is 0 Å². The van der Waals surface area contributed by atoms with Crippen LogP contribution in [0.25, 0.3) is 0 Å². The lowest BCUT2D eigenvalue weighted by molar-refractivity contribution is -0.141. The molecule has 0 spiro atoms. The molecule has 0 aliphatic heterocycles. The highest BCUT2D eigenvalue weighted by Crippen LogP contribution is 2.22. The van der Waals surface area contributed by atoms with Gasteiger partial charge in [0.1, 0.15) is 0 Å². The third-order valence-corrected chi connectivity index (χ3v) is 5.24. The van der Waals surface area contributed by atoms with E-state index in [9.17, 15) is 4.79 Å². The van der Waals surface area contributed by atoms with E-state index < -0.39 is 5.97 Å². The molecule has 0 aliphatic rings. The van der Waals surface area contributed by atoms with Gasteiger partial charge in [-0.3, -0.25) is 4.79 Å². The molecule has 0 rings (SSSR count). The van der Waals surface area contributed by atoms with Crippen molar-refractivity contribution in [1.82, 2.24) is 0 Å². The van der Waals surface area contributed by atoms with E-state index in [1.807, 2.05) is 6.92 Å². The Labute approximate surface area is 139 Å². The van der Waals surface area contributed by atoms with Crippen LogP contribution in [0.3, 0.4) is 0 Å². The standard InChI is InChI=1S/C20H40O2/c1-6-16(2)10-7-11-17(3)12-8-13-18(4)14-9-15-19(5)20(21)22/h16-19H,6-15H2,1-5H3,(H,21,22). The van der Waals surface area contributed by atoms with Gasteiger partial charge in [-0.2, -0.15) is 0 Å². The van der Waals surface area contributed by atoms with E-state index in [4.69, 9.17) is 5.11 Å². The molecule has 0 aromatic carbocycles. The highest BCUT2D eigenvalue weighted by atomic mass is 16.4. The normalized spacial score (nSPS) is 17.0. The number of rotatable bonds is 14. The van der Waals surface area contributed by atoms with Gasteiger partial charge in [-0.1, -0.05) is 92.4 Å². The van der Waals surface area contributed by atoms with Crippen molar-refractivity contribution in [2.75, 3.05) is 0 Å². The molecule has 0 fully saturated rings. The molecule has 0 aromatic heterocycles. The lowest BCUT2D eigenvalue weighted by atomic mass is 9.91. The third kappa shape index (κ3) is 12.1. The minimum atomic E-state index is -0.654. The maximum absolute atomic E-state index is 10.8. The second-order valence-electron chi connectivity index (χ2n) is 7.76. The highest BCUT2D eigenvalue weighted by Gasteiger charge is 2.11. The van der Waals surface area contributed by atoms with E-state index in [1.165, 1.54) is 51.4 Å². The van der Waals surface area contributed by atoms with E-state index in [0.717, 1.165) is 30.6 Å². The molecule has 2 nitrogen and oxygen atoms in total. The molecule has 132 valence electrons. The van der Waals surface area contributed by atoms with Gasteiger partial charge < -0.3 is 5.11 Å². The van der Waals surface area contributed by atoms with Crippen LogP contribution in [0.15, 0.2) is 0 Å². The Morgan fingerprint density at radius 3 is 1.45 bits per heavy atom. The van der Waals surface area contributed by atoms with Crippen molar-refractivity contribution in [3.05, 3.63) is 0 Å². The maximum atomic E-state index is 10.8. The minimum Gasteiger partial charge on any atom is -0.481 e. The number of hydrogen-bond acceptors (Lipinski definition) is 1. The fourth-order valence-electron chi connectivity index (χ4n) is 3.02. The van der Waals surface area contributed by atoms with Gasteiger partial charge in [-0.15, -0.1) is 0 Å². The average Bonchev–Trinajstić information content (AvgIpc) is 2.46. The summed E-state index contributed by atoms with van der Waals surface area (Å²) in [6.07, 6.45) is 12.5. The Morgan fingerprint density at radius 1 is 0.727 bits per heavy atom. The number of aliphatic carboxylic acids is 1. The number of hydrogen-bond donors (Lipinski definition) is 1. The van der Waals surface area contributed by atoms with E-state index in [2.05, 4.69) is 27.7 Å². The molecule has 0 heterocycles. The summed E-state index contributed by atoms with van der Waals surface area (Å²) in [5, 5.41) is 8.87. The van der Waals surface area contributed by atoms with Crippen molar-refractivity contribution in [3.63, 3.8) is 0 Å². The summed E-state index contributed by atoms with van der Waals surface area (Å²) >= 11 is 0. The second-order valence-corrected chi connectivity index (χ2v) is 7.76. The SMILES string of the molecule is CCC(C)CCCC(C)CCCC(C)CCCC(C)C(=O)O. The highest BCUT2D eigenvalue weighted by molar-refractivity contribution is 5.69. The average molecular weight is 313 g/mol. The lowest BCUT2D eigenvalue weighted by Gasteiger charge is -2.15. The molecule has 4 unspecified atom stereocenters. The van der Waals surface area contributed by atoms with Gasteiger partial charge in [0.05, 0.1) is 5.92 Å². The monoisotopic (exact) mass is 312 g/mol. The van der Waals surface area contributed by atoms with Gasteiger partial charge >= 0.3 is 5.97 Å². The molecule has 0 aromatic rings. The van der Waals surface area contributed by atoms with Crippen LogP contribution >= 0.6 is 0 Å². The number of carbonyl (C=O) groups is 1. The first-order valence-corrected chi connectivity index (χ1v) is 9.59. The van der Waals surface area contributed by atoms with Crippen LogP contribution < -0.4 is 0 Å². The van der Waals surface area contributed by atoms with Crippen LogP contribution in [0.4, 0.5) is 0 Å². The number of carboxylic acid groups (broad SMARTS) is 1. The Kier molecular flexibility index (Phi) is 12.6. The van der Waals surface area contributed by atoms with Crippen molar-refractivity contribution in [1.29, 1.82) is 0 Å². The topological polar surface area (TPSA) is 37.3 Å². The maximum Gasteiger partial charge on any atom is 0.306 e. The molecule has 0 radical (unpaired) electrons. The first-order chi connectivity index (χ1) is 10.4. The van der Waals surface area contributed by atoms with Crippen LogP contribution in [-0.2, 0) is 4.79 Å². The molecular weight excluding hydrogens is 272 g/mol. The summed E-state index contributed by atoms with van der Waals surface area (Å²) < 4.78 is 0. The predicted octanol–water partition coefficient (Wildman–Crippen LogP) is 6.54. The zero-order valence-corrected chi connectivity index (χ0v) is 15.7. The molecule has 0 saturated carbocycles. The van der Waals surface area contributed by atoms with E-state index in [1.54, 1.807) is 0 Å². The summed E-state index contributed by atoms with van der Waals surface area (Å²) in [6.45, 7) is 11.2. The van der Waals surface area contributed by atoms with Crippen molar-refractivity contribution in [2.45, 2.75) is 98.8 Å². The van der Waals surface area contributed by atoms with Crippen molar-refractivity contribution >= 4 is 5.97 Å². The van der Waals surface area contributed by atoms with E-state index >= 15 is 0 Å². The minimum absolute atomic E-state index is 0.183. The molecule has 22 heavy (non-hydrogen) atoms. The van der Waals surface area contributed by atoms with Crippen molar-refractivity contribution < 1.29 is 9.90 Å². The largest absolute Gasteiger partial charge is 0.481 e. The van der Waals surface area contributed by atoms with Gasteiger partial charge in [0.25, 0.3) is 0 Å². The Balaban J connectivity index is 3.54. The summed E-state index contributed by atoms with van der Waals surface area (Å²) in [7, 11) is 0. The zero-order valence-electron chi connectivity index (χ0n) is 15.7. The Morgan fingerprint density at radius 2 is 1.09 bits per heavy atom. The molecule has 0 saturated heterocycles. The van der Waals surface area contributed by atoms with Crippen LogP contribution in [-0.4, -0.2) is 11.1 Å². The Bertz CT molecular complexity index is 275.